The molecule has 1 saturated heterocycles. The van der Waals surface area contributed by atoms with Crippen LogP contribution in [0, 0.1) is 0 Å². The van der Waals surface area contributed by atoms with E-state index in [0.29, 0.717) is 25.5 Å². The maximum Gasteiger partial charge on any atom is 0.222 e. The molecule has 1 heterocycles. The molecule has 0 aromatic heterocycles. The van der Waals surface area contributed by atoms with Gasteiger partial charge in [-0.1, -0.05) is 24.3 Å². The fourth-order valence-electron chi connectivity index (χ4n) is 2.13. The van der Waals surface area contributed by atoms with E-state index in [1.54, 1.807) is 7.05 Å². The predicted octanol–water partition coefficient (Wildman–Crippen LogP) is 1.46. The molecule has 1 aliphatic rings. The number of hydrogen-bond acceptors (Lipinski definition) is 2. The van der Waals surface area contributed by atoms with Gasteiger partial charge in [-0.15, -0.1) is 24.0 Å². The number of benzene rings is 1. The molecule has 0 spiro atoms. The van der Waals surface area contributed by atoms with Gasteiger partial charge in [0.2, 0.25) is 5.91 Å². The molecule has 2 rings (SSSR count). The summed E-state index contributed by atoms with van der Waals surface area (Å²) in [4.78, 5) is 17.3. The van der Waals surface area contributed by atoms with Crippen molar-refractivity contribution in [1.82, 2.24) is 10.2 Å². The second-order valence-corrected chi connectivity index (χ2v) is 4.70. The Hall–Kier alpha value is -1.31. The second kappa shape index (κ2) is 8.08. The molecule has 5 nitrogen and oxygen atoms in total. The zero-order chi connectivity index (χ0) is 13.7. The first-order chi connectivity index (χ1) is 9.19. The number of nitrogens with two attached hydrogens (primary N) is 1. The molecule has 0 saturated carbocycles. The monoisotopic (exact) mass is 388 g/mol. The Labute approximate surface area is 136 Å². The number of halogens is 1. The van der Waals surface area contributed by atoms with Crippen LogP contribution in [0.25, 0.3) is 0 Å². The molecule has 1 aliphatic heterocycles. The number of rotatable bonds is 4. The summed E-state index contributed by atoms with van der Waals surface area (Å²) in [6, 6.07) is 8.21. The maximum absolute atomic E-state index is 11.5. The van der Waals surface area contributed by atoms with Crippen molar-refractivity contribution < 1.29 is 4.79 Å². The Kier molecular flexibility index (Phi) is 6.77. The van der Waals surface area contributed by atoms with Crippen molar-refractivity contribution in [3.05, 3.63) is 35.4 Å². The molecule has 0 unspecified atom stereocenters. The molecule has 1 aromatic rings. The number of amides is 1. The number of carbonyl (C=O) groups is 1. The van der Waals surface area contributed by atoms with E-state index in [0.717, 1.165) is 24.1 Å². The lowest BCUT2D eigenvalue weighted by atomic mass is 10.1. The van der Waals surface area contributed by atoms with Crippen LogP contribution in [0.5, 0.6) is 0 Å². The van der Waals surface area contributed by atoms with Crippen LogP contribution in [0.4, 0.5) is 0 Å². The average Bonchev–Trinajstić information content (AvgIpc) is 2.83. The van der Waals surface area contributed by atoms with Crippen LogP contribution in [0.3, 0.4) is 0 Å². The number of nitrogens with one attached hydrogen (secondary N) is 1. The van der Waals surface area contributed by atoms with Gasteiger partial charge in [-0.05, 0) is 17.5 Å². The Bertz CT molecular complexity index is 473. The summed E-state index contributed by atoms with van der Waals surface area (Å²) < 4.78 is 0. The van der Waals surface area contributed by atoms with Crippen molar-refractivity contribution in [2.24, 2.45) is 10.7 Å². The lowest BCUT2D eigenvalue weighted by Crippen LogP contribution is -2.30. The van der Waals surface area contributed by atoms with Gasteiger partial charge >= 0.3 is 0 Å². The molecule has 0 bridgehead atoms. The van der Waals surface area contributed by atoms with Crippen molar-refractivity contribution in [2.75, 3.05) is 13.6 Å². The molecule has 1 amide bonds. The fraction of sp³-hybridized carbons (Fsp3) is 0.429. The third-order valence-corrected chi connectivity index (χ3v) is 3.28. The topological polar surface area (TPSA) is 70.7 Å². The molecule has 6 heteroatoms. The van der Waals surface area contributed by atoms with Gasteiger partial charge in [0.25, 0.3) is 0 Å². The molecular formula is C14H21IN4O. The summed E-state index contributed by atoms with van der Waals surface area (Å²) >= 11 is 0. The number of aliphatic imine (C=N–C) groups is 1. The van der Waals surface area contributed by atoms with Crippen molar-refractivity contribution in [3.8, 4) is 0 Å². The SMILES string of the molecule is CN=C(N)NCc1ccc(CN2CCCC2=O)cc1.I. The first-order valence-electron chi connectivity index (χ1n) is 6.51. The molecule has 0 aliphatic carbocycles. The summed E-state index contributed by atoms with van der Waals surface area (Å²) in [7, 11) is 1.65. The van der Waals surface area contributed by atoms with Crippen LogP contribution >= 0.6 is 24.0 Å². The van der Waals surface area contributed by atoms with Gasteiger partial charge in [0.15, 0.2) is 5.96 Å². The van der Waals surface area contributed by atoms with Crippen molar-refractivity contribution >= 4 is 35.8 Å². The third-order valence-electron chi connectivity index (χ3n) is 3.28. The molecule has 3 N–H and O–H groups in total. The summed E-state index contributed by atoms with van der Waals surface area (Å²) in [5, 5.41) is 3.01. The zero-order valence-electron chi connectivity index (χ0n) is 11.6. The predicted molar refractivity (Wildman–Crippen MR) is 90.9 cm³/mol. The molecule has 110 valence electrons. The van der Waals surface area contributed by atoms with Crippen molar-refractivity contribution in [2.45, 2.75) is 25.9 Å². The standard InChI is InChI=1S/C14H20N4O.HI/c1-16-14(15)17-9-11-4-6-12(7-5-11)10-18-8-2-3-13(18)19;/h4-7H,2-3,8-10H2,1H3,(H3,15,16,17);1H. The summed E-state index contributed by atoms with van der Waals surface area (Å²) in [5.74, 6) is 0.699. The Morgan fingerprint density at radius 2 is 2.00 bits per heavy atom. The highest BCUT2D eigenvalue weighted by atomic mass is 127. The van der Waals surface area contributed by atoms with Crippen LogP contribution in [-0.2, 0) is 17.9 Å². The minimum absolute atomic E-state index is 0. The highest BCUT2D eigenvalue weighted by molar-refractivity contribution is 14.0. The number of guanidine groups is 1. The normalized spacial score (nSPS) is 15.2. The van der Waals surface area contributed by atoms with Gasteiger partial charge < -0.3 is 16.0 Å². The number of carbonyl (C=O) groups excluding carboxylic acids is 1. The average molecular weight is 388 g/mol. The van der Waals surface area contributed by atoms with E-state index in [-0.39, 0.29) is 29.9 Å². The van der Waals surface area contributed by atoms with Crippen LogP contribution < -0.4 is 11.1 Å². The van der Waals surface area contributed by atoms with E-state index in [1.165, 1.54) is 0 Å². The summed E-state index contributed by atoms with van der Waals surface area (Å²) in [6.07, 6.45) is 1.67. The Morgan fingerprint density at radius 1 is 1.35 bits per heavy atom. The minimum atomic E-state index is 0. The van der Waals surface area contributed by atoms with E-state index >= 15 is 0 Å². The molecule has 20 heavy (non-hydrogen) atoms. The van der Waals surface area contributed by atoms with E-state index < -0.39 is 0 Å². The second-order valence-electron chi connectivity index (χ2n) is 4.70. The number of likely N-dealkylation sites (tertiary alicyclic amines) is 1. The number of nitrogens with zero attached hydrogens (tertiary/aromatic N) is 2. The summed E-state index contributed by atoms with van der Waals surface area (Å²) in [6.45, 7) is 2.25. The quantitative estimate of drug-likeness (QED) is 0.466. The zero-order valence-corrected chi connectivity index (χ0v) is 14.0. The lowest BCUT2D eigenvalue weighted by molar-refractivity contribution is -0.128. The minimum Gasteiger partial charge on any atom is -0.370 e. The first-order valence-corrected chi connectivity index (χ1v) is 6.51. The Morgan fingerprint density at radius 3 is 2.55 bits per heavy atom. The van der Waals surface area contributed by atoms with Crippen LogP contribution in [0.1, 0.15) is 24.0 Å². The molecule has 1 fully saturated rings. The lowest BCUT2D eigenvalue weighted by Gasteiger charge is -2.15. The van der Waals surface area contributed by atoms with Gasteiger partial charge in [-0.25, -0.2) is 0 Å². The highest BCUT2D eigenvalue weighted by Gasteiger charge is 2.19. The van der Waals surface area contributed by atoms with Crippen molar-refractivity contribution in [3.63, 3.8) is 0 Å². The first kappa shape index (κ1) is 16.7. The summed E-state index contributed by atoms with van der Waals surface area (Å²) in [5.41, 5.74) is 7.87. The molecule has 1 aromatic carbocycles. The van der Waals surface area contributed by atoms with Gasteiger partial charge in [0, 0.05) is 33.1 Å². The maximum atomic E-state index is 11.5. The molecule has 0 atom stereocenters. The fourth-order valence-corrected chi connectivity index (χ4v) is 2.13. The Balaban J connectivity index is 0.00000200. The highest BCUT2D eigenvalue weighted by Crippen LogP contribution is 2.14. The molecular weight excluding hydrogens is 367 g/mol. The van der Waals surface area contributed by atoms with Crippen LogP contribution in [0.2, 0.25) is 0 Å². The van der Waals surface area contributed by atoms with Gasteiger partial charge in [-0.2, -0.15) is 0 Å². The van der Waals surface area contributed by atoms with E-state index in [1.807, 2.05) is 17.0 Å². The smallest absolute Gasteiger partial charge is 0.222 e. The van der Waals surface area contributed by atoms with Crippen LogP contribution in [0.15, 0.2) is 29.3 Å². The number of hydrogen-bond donors (Lipinski definition) is 2. The van der Waals surface area contributed by atoms with Gasteiger partial charge in [0.1, 0.15) is 0 Å². The van der Waals surface area contributed by atoms with Gasteiger partial charge in [0.05, 0.1) is 0 Å². The largest absolute Gasteiger partial charge is 0.370 e. The van der Waals surface area contributed by atoms with E-state index in [2.05, 4.69) is 22.4 Å². The molecule has 0 radical (unpaired) electrons. The van der Waals surface area contributed by atoms with Gasteiger partial charge in [-0.3, -0.25) is 9.79 Å². The third kappa shape index (κ3) is 4.66. The van der Waals surface area contributed by atoms with Crippen molar-refractivity contribution in [1.29, 1.82) is 0 Å². The van der Waals surface area contributed by atoms with E-state index in [4.69, 9.17) is 5.73 Å². The van der Waals surface area contributed by atoms with Crippen LogP contribution in [-0.4, -0.2) is 30.4 Å². The van der Waals surface area contributed by atoms with E-state index in [9.17, 15) is 4.79 Å².